The van der Waals surface area contributed by atoms with Crippen LogP contribution in [0.15, 0.2) is 24.5 Å². The Kier molecular flexibility index (Phi) is 6.05. The highest BCUT2D eigenvalue weighted by molar-refractivity contribution is 6.27. The molecule has 6 nitrogen and oxygen atoms in total. The number of likely N-dealkylation sites (tertiary alicyclic amines) is 1. The summed E-state index contributed by atoms with van der Waals surface area (Å²) in [6, 6.07) is 4.16. The molecule has 7 heteroatoms. The maximum Gasteiger partial charge on any atom is 0.414 e. The molecule has 1 aromatic rings. The van der Waals surface area contributed by atoms with Crippen LogP contribution in [0.1, 0.15) is 18.0 Å². The molecule has 2 heterocycles. The van der Waals surface area contributed by atoms with Crippen LogP contribution >= 0.6 is 0 Å². The summed E-state index contributed by atoms with van der Waals surface area (Å²) >= 11 is 0. The van der Waals surface area contributed by atoms with Crippen molar-refractivity contribution in [1.82, 2.24) is 9.88 Å². The Hall–Kier alpha value is -2.02. The van der Waals surface area contributed by atoms with Gasteiger partial charge in [-0.05, 0) is 31.6 Å². The van der Waals surface area contributed by atoms with Gasteiger partial charge in [0.2, 0.25) is 0 Å². The number of carbonyl (C=O) groups is 2. The fourth-order valence-electron chi connectivity index (χ4n) is 2.27. The lowest BCUT2D eigenvalue weighted by Crippen LogP contribution is -2.22. The maximum absolute atomic E-state index is 12.8. The number of carboxylic acids is 2. The molecule has 0 amide bonds. The molecule has 0 aliphatic carbocycles. The van der Waals surface area contributed by atoms with Crippen LogP contribution in [0.4, 0.5) is 4.39 Å². The smallest absolute Gasteiger partial charge is 0.414 e. The maximum atomic E-state index is 12.8. The second-order valence-corrected chi connectivity index (χ2v) is 4.53. The number of aromatic nitrogens is 1. The molecule has 2 rings (SSSR count). The van der Waals surface area contributed by atoms with Gasteiger partial charge in [-0.25, -0.2) is 9.59 Å². The summed E-state index contributed by atoms with van der Waals surface area (Å²) < 4.78 is 12.8. The van der Waals surface area contributed by atoms with Gasteiger partial charge in [0.1, 0.15) is 0 Å². The number of halogens is 1. The summed E-state index contributed by atoms with van der Waals surface area (Å²) in [5.41, 5.74) is 1.13. The molecule has 1 aliphatic rings. The fourth-order valence-corrected chi connectivity index (χ4v) is 2.27. The van der Waals surface area contributed by atoms with E-state index in [2.05, 4.69) is 9.88 Å². The zero-order chi connectivity index (χ0) is 15.1. The van der Waals surface area contributed by atoms with Crippen molar-refractivity contribution in [3.05, 3.63) is 30.1 Å². The summed E-state index contributed by atoms with van der Waals surface area (Å²) in [6.07, 6.45) is 4.55. The van der Waals surface area contributed by atoms with Crippen LogP contribution in [0.3, 0.4) is 0 Å². The molecule has 0 bridgehead atoms. The van der Waals surface area contributed by atoms with Gasteiger partial charge in [-0.2, -0.15) is 0 Å². The van der Waals surface area contributed by atoms with Crippen LogP contribution in [0.2, 0.25) is 0 Å². The molecule has 110 valence electrons. The Labute approximate surface area is 115 Å². The molecule has 20 heavy (non-hydrogen) atoms. The van der Waals surface area contributed by atoms with Crippen molar-refractivity contribution in [2.45, 2.75) is 12.5 Å². The van der Waals surface area contributed by atoms with E-state index >= 15 is 0 Å². The molecule has 0 radical (unpaired) electrons. The van der Waals surface area contributed by atoms with E-state index in [1.165, 1.54) is 0 Å². The Morgan fingerprint density at radius 3 is 2.55 bits per heavy atom. The predicted molar refractivity (Wildman–Crippen MR) is 69.0 cm³/mol. The van der Waals surface area contributed by atoms with Crippen LogP contribution < -0.4 is 0 Å². The number of carboxylic acid groups (broad SMARTS) is 2. The van der Waals surface area contributed by atoms with Crippen molar-refractivity contribution in [3.63, 3.8) is 0 Å². The second kappa shape index (κ2) is 7.54. The van der Waals surface area contributed by atoms with E-state index in [0.717, 1.165) is 18.5 Å². The number of hydrogen-bond donors (Lipinski definition) is 2. The SMILES string of the molecule is CN1CCC(CF)C1c1cccnc1.O=C(O)C(=O)O. The Bertz CT molecular complexity index is 443. The van der Waals surface area contributed by atoms with Gasteiger partial charge in [-0.15, -0.1) is 0 Å². The topological polar surface area (TPSA) is 90.7 Å². The number of alkyl halides is 1. The molecule has 1 fully saturated rings. The molecule has 2 N–H and O–H groups in total. The van der Waals surface area contributed by atoms with Gasteiger partial charge >= 0.3 is 11.9 Å². The highest BCUT2D eigenvalue weighted by Gasteiger charge is 2.32. The van der Waals surface area contributed by atoms with Gasteiger partial charge in [0.25, 0.3) is 0 Å². The quantitative estimate of drug-likeness (QED) is 0.793. The summed E-state index contributed by atoms with van der Waals surface area (Å²) in [4.78, 5) is 24.5. The summed E-state index contributed by atoms with van der Waals surface area (Å²) in [6.45, 7) is 0.748. The van der Waals surface area contributed by atoms with Gasteiger partial charge in [0.05, 0.1) is 6.67 Å². The van der Waals surface area contributed by atoms with Gasteiger partial charge in [-0.1, -0.05) is 6.07 Å². The highest BCUT2D eigenvalue weighted by atomic mass is 19.1. The van der Waals surface area contributed by atoms with E-state index in [9.17, 15) is 4.39 Å². The lowest BCUT2D eigenvalue weighted by atomic mass is 9.96. The van der Waals surface area contributed by atoms with E-state index < -0.39 is 11.9 Å². The van der Waals surface area contributed by atoms with Crippen LogP contribution in [0, 0.1) is 5.92 Å². The van der Waals surface area contributed by atoms with Crippen molar-refractivity contribution in [2.75, 3.05) is 20.3 Å². The molecular formula is C13H17FN2O4. The first-order chi connectivity index (χ1) is 9.47. The predicted octanol–water partition coefficient (Wildman–Crippen LogP) is 1.20. The molecule has 0 aromatic carbocycles. The van der Waals surface area contributed by atoms with E-state index in [4.69, 9.17) is 19.8 Å². The minimum absolute atomic E-state index is 0.143. The van der Waals surface area contributed by atoms with Crippen LogP contribution in [0.25, 0.3) is 0 Å². The molecule has 1 saturated heterocycles. The lowest BCUT2D eigenvalue weighted by molar-refractivity contribution is -0.159. The molecule has 1 aromatic heterocycles. The number of hydrogen-bond acceptors (Lipinski definition) is 4. The third-order valence-electron chi connectivity index (χ3n) is 3.18. The number of rotatable bonds is 2. The normalized spacial score (nSPS) is 21.9. The van der Waals surface area contributed by atoms with Gasteiger partial charge in [0, 0.05) is 24.4 Å². The molecule has 0 saturated carbocycles. The fraction of sp³-hybridized carbons (Fsp3) is 0.462. The number of aliphatic carboxylic acids is 2. The summed E-state index contributed by atoms with van der Waals surface area (Å²) in [7, 11) is 2.05. The summed E-state index contributed by atoms with van der Waals surface area (Å²) in [5.74, 6) is -3.51. The van der Waals surface area contributed by atoms with E-state index in [0.29, 0.717) is 0 Å². The Morgan fingerprint density at radius 1 is 1.45 bits per heavy atom. The van der Waals surface area contributed by atoms with Crippen molar-refractivity contribution in [1.29, 1.82) is 0 Å². The number of pyridine rings is 1. The first-order valence-corrected chi connectivity index (χ1v) is 6.09. The van der Waals surface area contributed by atoms with Crippen LogP contribution in [-0.4, -0.2) is 52.3 Å². The highest BCUT2D eigenvalue weighted by Crippen LogP contribution is 2.35. The third-order valence-corrected chi connectivity index (χ3v) is 3.18. The Morgan fingerprint density at radius 2 is 2.10 bits per heavy atom. The lowest BCUT2D eigenvalue weighted by Gasteiger charge is -2.23. The first kappa shape index (κ1) is 16.0. The molecule has 2 unspecified atom stereocenters. The largest absolute Gasteiger partial charge is 0.473 e. The van der Waals surface area contributed by atoms with E-state index in [-0.39, 0.29) is 18.6 Å². The zero-order valence-corrected chi connectivity index (χ0v) is 11.1. The van der Waals surface area contributed by atoms with Crippen molar-refractivity contribution >= 4 is 11.9 Å². The van der Waals surface area contributed by atoms with Crippen molar-refractivity contribution < 1.29 is 24.2 Å². The second-order valence-electron chi connectivity index (χ2n) is 4.53. The molecular weight excluding hydrogens is 267 g/mol. The van der Waals surface area contributed by atoms with Crippen LogP contribution in [-0.2, 0) is 9.59 Å². The van der Waals surface area contributed by atoms with E-state index in [1.54, 1.807) is 6.20 Å². The summed E-state index contributed by atoms with van der Waals surface area (Å²) in [5, 5.41) is 14.8. The average molecular weight is 284 g/mol. The van der Waals surface area contributed by atoms with Crippen LogP contribution in [0.5, 0.6) is 0 Å². The van der Waals surface area contributed by atoms with Crippen molar-refractivity contribution in [2.24, 2.45) is 5.92 Å². The van der Waals surface area contributed by atoms with Crippen molar-refractivity contribution in [3.8, 4) is 0 Å². The minimum Gasteiger partial charge on any atom is -0.473 e. The van der Waals surface area contributed by atoms with Gasteiger partial charge in [0.15, 0.2) is 0 Å². The number of nitrogens with zero attached hydrogens (tertiary/aromatic N) is 2. The Balaban J connectivity index is 0.000000286. The van der Waals surface area contributed by atoms with Gasteiger partial charge in [-0.3, -0.25) is 14.3 Å². The zero-order valence-electron chi connectivity index (χ0n) is 11.1. The molecule has 1 aliphatic heterocycles. The monoisotopic (exact) mass is 284 g/mol. The molecule has 0 spiro atoms. The molecule has 2 atom stereocenters. The third kappa shape index (κ3) is 4.27. The van der Waals surface area contributed by atoms with Gasteiger partial charge < -0.3 is 10.2 Å². The average Bonchev–Trinajstić information content (AvgIpc) is 2.81. The minimum atomic E-state index is -1.82. The standard InChI is InChI=1S/C11H15FN2.C2H2O4/c1-14-6-4-9(7-12)11(14)10-3-2-5-13-8-10;3-1(4)2(5)6/h2-3,5,8-9,11H,4,6-7H2,1H3;(H,3,4)(H,5,6). The van der Waals surface area contributed by atoms with E-state index in [1.807, 2.05) is 25.4 Å². The first-order valence-electron chi connectivity index (χ1n) is 6.09.